The zero-order valence-electron chi connectivity index (χ0n) is 19.1. The SMILES string of the molecule is COc1ccc(Nc2ncc(Br)c(NC3CC(C)(C)N(C)C(C)(C)C3)n2)cc1C(F)(F)F. The van der Waals surface area contributed by atoms with Gasteiger partial charge >= 0.3 is 6.18 Å². The molecule has 2 heterocycles. The molecule has 1 aliphatic heterocycles. The average molecular weight is 516 g/mol. The Kier molecular flexibility index (Phi) is 6.68. The molecule has 0 atom stereocenters. The minimum atomic E-state index is -4.54. The predicted molar refractivity (Wildman–Crippen MR) is 124 cm³/mol. The maximum absolute atomic E-state index is 13.3. The summed E-state index contributed by atoms with van der Waals surface area (Å²) in [6.07, 6.45) is -1.12. The Labute approximate surface area is 195 Å². The van der Waals surface area contributed by atoms with Gasteiger partial charge in [-0.2, -0.15) is 18.2 Å². The van der Waals surface area contributed by atoms with Crippen molar-refractivity contribution in [3.8, 4) is 5.75 Å². The number of benzene rings is 1. The first-order valence-corrected chi connectivity index (χ1v) is 11.1. The monoisotopic (exact) mass is 515 g/mol. The molecule has 0 aliphatic carbocycles. The van der Waals surface area contributed by atoms with Crippen LogP contribution in [0.2, 0.25) is 0 Å². The highest BCUT2D eigenvalue weighted by Crippen LogP contribution is 2.40. The van der Waals surface area contributed by atoms with E-state index in [4.69, 9.17) is 4.74 Å². The largest absolute Gasteiger partial charge is 0.496 e. The lowest BCUT2D eigenvalue weighted by atomic mass is 9.77. The van der Waals surface area contributed by atoms with Gasteiger partial charge in [0.15, 0.2) is 0 Å². The van der Waals surface area contributed by atoms with Gasteiger partial charge in [-0.25, -0.2) is 4.98 Å². The van der Waals surface area contributed by atoms with E-state index in [9.17, 15) is 13.2 Å². The summed E-state index contributed by atoms with van der Waals surface area (Å²) in [4.78, 5) is 11.1. The fourth-order valence-electron chi connectivity index (χ4n) is 4.33. The molecule has 0 spiro atoms. The highest BCUT2D eigenvalue weighted by molar-refractivity contribution is 9.10. The summed E-state index contributed by atoms with van der Waals surface area (Å²) in [5.74, 6) is 0.545. The van der Waals surface area contributed by atoms with Gasteiger partial charge in [-0.1, -0.05) is 0 Å². The molecule has 1 aliphatic rings. The van der Waals surface area contributed by atoms with Crippen LogP contribution in [0.25, 0.3) is 0 Å². The second-order valence-electron chi connectivity index (χ2n) is 9.36. The molecule has 0 saturated carbocycles. The van der Waals surface area contributed by atoms with Gasteiger partial charge < -0.3 is 15.4 Å². The van der Waals surface area contributed by atoms with Gasteiger partial charge in [0.05, 0.1) is 17.1 Å². The fraction of sp³-hybridized carbons (Fsp3) is 0.545. The van der Waals surface area contributed by atoms with Crippen molar-refractivity contribution in [2.75, 3.05) is 24.8 Å². The summed E-state index contributed by atoms with van der Waals surface area (Å²) in [6, 6.07) is 3.92. The number of hydrogen-bond donors (Lipinski definition) is 2. The van der Waals surface area contributed by atoms with E-state index in [1.165, 1.54) is 19.2 Å². The molecule has 1 aromatic heterocycles. The summed E-state index contributed by atoms with van der Waals surface area (Å²) >= 11 is 3.48. The molecule has 0 radical (unpaired) electrons. The lowest BCUT2D eigenvalue weighted by Gasteiger charge is -2.53. The number of aromatic nitrogens is 2. The second-order valence-corrected chi connectivity index (χ2v) is 10.2. The molecule has 2 aromatic rings. The summed E-state index contributed by atoms with van der Waals surface area (Å²) < 4.78 is 45.5. The third kappa shape index (κ3) is 5.28. The maximum Gasteiger partial charge on any atom is 0.420 e. The Morgan fingerprint density at radius 1 is 1.16 bits per heavy atom. The first-order valence-electron chi connectivity index (χ1n) is 10.3. The normalized spacial score (nSPS) is 18.9. The Morgan fingerprint density at radius 3 is 2.34 bits per heavy atom. The van der Waals surface area contributed by atoms with Crippen LogP contribution in [0, 0.1) is 0 Å². The minimum absolute atomic E-state index is 0.00288. The van der Waals surface area contributed by atoms with Crippen molar-refractivity contribution in [1.82, 2.24) is 14.9 Å². The lowest BCUT2D eigenvalue weighted by Crippen LogP contribution is -2.61. The number of rotatable bonds is 5. The van der Waals surface area contributed by atoms with Crippen molar-refractivity contribution in [2.45, 2.75) is 63.8 Å². The fourth-order valence-corrected chi connectivity index (χ4v) is 4.64. The number of anilines is 3. The molecular weight excluding hydrogens is 487 g/mol. The van der Waals surface area contributed by atoms with Crippen LogP contribution in [0.5, 0.6) is 5.75 Å². The van der Waals surface area contributed by atoms with E-state index in [1.54, 1.807) is 6.20 Å². The zero-order chi connectivity index (χ0) is 23.9. The smallest absolute Gasteiger partial charge is 0.420 e. The molecule has 0 unspecified atom stereocenters. The van der Waals surface area contributed by atoms with Gasteiger partial charge in [0.1, 0.15) is 11.6 Å². The van der Waals surface area contributed by atoms with E-state index in [1.807, 2.05) is 0 Å². The van der Waals surface area contributed by atoms with Crippen molar-refractivity contribution >= 4 is 33.4 Å². The quantitative estimate of drug-likeness (QED) is 0.503. The Hall–Kier alpha value is -2.07. The number of alkyl halides is 3. The number of hydrogen-bond acceptors (Lipinski definition) is 6. The van der Waals surface area contributed by atoms with Gasteiger partial charge in [-0.3, -0.25) is 4.90 Å². The number of ether oxygens (including phenoxy) is 1. The minimum Gasteiger partial charge on any atom is -0.496 e. The van der Waals surface area contributed by atoms with Crippen LogP contribution >= 0.6 is 15.9 Å². The molecule has 176 valence electrons. The van der Waals surface area contributed by atoms with Crippen LogP contribution < -0.4 is 15.4 Å². The number of nitrogens with zero attached hydrogens (tertiary/aromatic N) is 3. The summed E-state index contributed by atoms with van der Waals surface area (Å²) in [6.45, 7) is 8.86. The van der Waals surface area contributed by atoms with Crippen molar-refractivity contribution in [2.24, 2.45) is 0 Å². The third-order valence-electron chi connectivity index (χ3n) is 6.15. The second kappa shape index (κ2) is 8.70. The van der Waals surface area contributed by atoms with E-state index in [0.29, 0.717) is 10.3 Å². The van der Waals surface area contributed by atoms with Crippen molar-refractivity contribution in [3.05, 3.63) is 34.4 Å². The van der Waals surface area contributed by atoms with Crippen LogP contribution in [0.1, 0.15) is 46.1 Å². The topological polar surface area (TPSA) is 62.3 Å². The molecule has 3 rings (SSSR count). The van der Waals surface area contributed by atoms with E-state index in [0.717, 1.165) is 18.9 Å². The zero-order valence-corrected chi connectivity index (χ0v) is 20.6. The summed E-state index contributed by atoms with van der Waals surface area (Å²) in [5.41, 5.74) is -0.655. The van der Waals surface area contributed by atoms with Crippen LogP contribution in [0.4, 0.5) is 30.6 Å². The van der Waals surface area contributed by atoms with Gasteiger partial charge in [0.25, 0.3) is 0 Å². The first kappa shape index (κ1) is 24.6. The maximum atomic E-state index is 13.3. The Balaban J connectivity index is 1.83. The number of nitrogens with one attached hydrogen (secondary N) is 2. The molecular formula is C22H29BrF3N5O. The van der Waals surface area contributed by atoms with Crippen LogP contribution in [0.15, 0.2) is 28.9 Å². The lowest BCUT2D eigenvalue weighted by molar-refractivity contribution is -0.138. The van der Waals surface area contributed by atoms with Gasteiger partial charge in [-0.05, 0) is 81.7 Å². The van der Waals surface area contributed by atoms with Crippen molar-refractivity contribution in [3.63, 3.8) is 0 Å². The molecule has 1 fully saturated rings. The van der Waals surface area contributed by atoms with Gasteiger partial charge in [-0.15, -0.1) is 0 Å². The molecule has 0 amide bonds. The summed E-state index contributed by atoms with van der Waals surface area (Å²) in [5, 5.41) is 6.36. The highest BCUT2D eigenvalue weighted by atomic mass is 79.9. The molecule has 6 nitrogen and oxygen atoms in total. The number of halogens is 4. The first-order chi connectivity index (χ1) is 14.7. The molecule has 10 heteroatoms. The van der Waals surface area contributed by atoms with E-state index >= 15 is 0 Å². The highest BCUT2D eigenvalue weighted by Gasteiger charge is 2.43. The number of piperidine rings is 1. The van der Waals surface area contributed by atoms with E-state index in [2.05, 4.69) is 76.2 Å². The molecule has 1 aromatic carbocycles. The number of methoxy groups -OCH3 is 1. The molecule has 32 heavy (non-hydrogen) atoms. The van der Waals surface area contributed by atoms with Gasteiger partial charge in [0.2, 0.25) is 5.95 Å². The number of likely N-dealkylation sites (tertiary alicyclic amines) is 1. The molecule has 1 saturated heterocycles. The van der Waals surface area contributed by atoms with Crippen LogP contribution in [-0.2, 0) is 6.18 Å². The standard InChI is InChI=1S/C22H29BrF3N5O/c1-20(2)10-14(11-21(3,4)31(20)5)28-18-16(23)12-27-19(30-18)29-13-7-8-17(32-6)15(9-13)22(24,25)26/h7-9,12,14H,10-11H2,1-6H3,(H2,27,28,29,30). The molecule has 2 N–H and O–H groups in total. The van der Waals surface area contributed by atoms with Crippen LogP contribution in [0.3, 0.4) is 0 Å². The summed E-state index contributed by atoms with van der Waals surface area (Å²) in [7, 11) is 3.35. The van der Waals surface area contributed by atoms with Crippen molar-refractivity contribution in [1.29, 1.82) is 0 Å². The average Bonchev–Trinajstić information content (AvgIpc) is 2.67. The third-order valence-corrected chi connectivity index (χ3v) is 6.73. The Morgan fingerprint density at radius 2 is 1.78 bits per heavy atom. The van der Waals surface area contributed by atoms with E-state index in [-0.39, 0.29) is 34.5 Å². The Bertz CT molecular complexity index is 963. The predicted octanol–water partition coefficient (Wildman–Crippen LogP) is 6.07. The van der Waals surface area contributed by atoms with Gasteiger partial charge in [0, 0.05) is 29.0 Å². The van der Waals surface area contributed by atoms with E-state index < -0.39 is 11.7 Å². The van der Waals surface area contributed by atoms with Crippen LogP contribution in [-0.4, -0.2) is 46.1 Å². The van der Waals surface area contributed by atoms with Crippen molar-refractivity contribution < 1.29 is 17.9 Å². The molecule has 0 bridgehead atoms.